The molecular formula is C16H26N2O4S. The molecule has 0 aromatic carbocycles. The first-order valence-electron chi connectivity index (χ1n) is 7.85. The summed E-state index contributed by atoms with van der Waals surface area (Å²) in [6.45, 7) is 10.5. The molecule has 0 aliphatic heterocycles. The lowest BCUT2D eigenvalue weighted by Gasteiger charge is -2.14. The molecule has 1 heterocycles. The van der Waals surface area contributed by atoms with E-state index >= 15 is 0 Å². The van der Waals surface area contributed by atoms with Gasteiger partial charge >= 0.3 is 5.97 Å². The average Bonchev–Trinajstić information content (AvgIpc) is 2.93. The maximum atomic E-state index is 11.9. The molecule has 0 saturated carbocycles. The van der Waals surface area contributed by atoms with E-state index in [1.54, 1.807) is 17.2 Å². The van der Waals surface area contributed by atoms with E-state index < -0.39 is 12.1 Å². The quantitative estimate of drug-likeness (QED) is 0.645. The Morgan fingerprint density at radius 3 is 2.61 bits per heavy atom. The van der Waals surface area contributed by atoms with Crippen molar-refractivity contribution in [3.8, 4) is 0 Å². The van der Waals surface area contributed by atoms with Crippen LogP contribution in [-0.2, 0) is 25.7 Å². The zero-order chi connectivity index (χ0) is 17.4. The number of amides is 1. The van der Waals surface area contributed by atoms with Crippen molar-refractivity contribution in [3.63, 3.8) is 0 Å². The van der Waals surface area contributed by atoms with Gasteiger partial charge in [-0.25, -0.2) is 9.78 Å². The minimum Gasteiger partial charge on any atom is -0.457 e. The number of carbonyl (C=O) groups is 2. The van der Waals surface area contributed by atoms with Crippen molar-refractivity contribution in [3.05, 3.63) is 11.1 Å². The number of esters is 1. The highest BCUT2D eigenvalue weighted by Crippen LogP contribution is 2.21. The van der Waals surface area contributed by atoms with Gasteiger partial charge in [0.05, 0.1) is 5.69 Å². The molecule has 130 valence electrons. The number of hydrogen-bond acceptors (Lipinski definition) is 6. The summed E-state index contributed by atoms with van der Waals surface area (Å²) in [7, 11) is 0. The Balaban J connectivity index is 2.44. The minimum atomic E-state index is -0.587. The zero-order valence-electron chi connectivity index (χ0n) is 14.5. The molecule has 0 radical (unpaired) electrons. The number of anilines is 1. The number of aromatic nitrogens is 1. The van der Waals surface area contributed by atoms with Crippen LogP contribution in [0.3, 0.4) is 0 Å². The Morgan fingerprint density at radius 2 is 2.04 bits per heavy atom. The van der Waals surface area contributed by atoms with Crippen LogP contribution >= 0.6 is 11.3 Å². The van der Waals surface area contributed by atoms with Crippen LogP contribution in [0, 0.1) is 5.92 Å². The molecule has 23 heavy (non-hydrogen) atoms. The fourth-order valence-corrected chi connectivity index (χ4v) is 2.71. The Labute approximate surface area is 141 Å². The molecule has 1 unspecified atom stereocenters. The first kappa shape index (κ1) is 19.6. The van der Waals surface area contributed by atoms with Crippen LogP contribution < -0.4 is 4.90 Å². The van der Waals surface area contributed by atoms with E-state index in [-0.39, 0.29) is 12.5 Å². The van der Waals surface area contributed by atoms with Crippen LogP contribution in [0.5, 0.6) is 0 Å². The van der Waals surface area contributed by atoms with Gasteiger partial charge in [-0.05, 0) is 26.2 Å². The van der Waals surface area contributed by atoms with Gasteiger partial charge in [0.2, 0.25) is 5.91 Å². The van der Waals surface area contributed by atoms with Crippen molar-refractivity contribution in [2.75, 3.05) is 18.1 Å². The fourth-order valence-electron chi connectivity index (χ4n) is 1.79. The van der Waals surface area contributed by atoms with Crippen LogP contribution in [-0.4, -0.2) is 36.1 Å². The molecule has 1 rings (SSSR count). The van der Waals surface area contributed by atoms with Crippen LogP contribution in [0.4, 0.5) is 5.13 Å². The van der Waals surface area contributed by atoms with Crippen molar-refractivity contribution in [1.82, 2.24) is 4.98 Å². The molecule has 0 aliphatic carbocycles. The predicted molar refractivity (Wildman–Crippen MR) is 90.5 cm³/mol. The Kier molecular flexibility index (Phi) is 8.19. The van der Waals surface area contributed by atoms with Gasteiger partial charge in [-0.1, -0.05) is 13.8 Å². The molecule has 0 aliphatic rings. The number of rotatable bonds is 9. The Bertz CT molecular complexity index is 516. The highest BCUT2D eigenvalue weighted by atomic mass is 32.1. The third kappa shape index (κ3) is 6.66. The fraction of sp³-hybridized carbons (Fsp3) is 0.688. The summed E-state index contributed by atoms with van der Waals surface area (Å²) in [6, 6.07) is 0. The van der Waals surface area contributed by atoms with Gasteiger partial charge in [-0.15, -0.1) is 11.3 Å². The van der Waals surface area contributed by atoms with E-state index in [1.165, 1.54) is 18.3 Å². The van der Waals surface area contributed by atoms with Crippen molar-refractivity contribution < 1.29 is 19.1 Å². The molecule has 0 saturated heterocycles. The third-order valence-electron chi connectivity index (χ3n) is 3.22. The molecule has 0 spiro atoms. The highest BCUT2D eigenvalue weighted by molar-refractivity contribution is 7.14. The predicted octanol–water partition coefficient (Wildman–Crippen LogP) is 3.01. The van der Waals surface area contributed by atoms with E-state index in [4.69, 9.17) is 9.47 Å². The maximum Gasteiger partial charge on any atom is 0.335 e. The number of thiazole rings is 1. The molecule has 6 nitrogen and oxygen atoms in total. The zero-order valence-corrected chi connectivity index (χ0v) is 15.3. The van der Waals surface area contributed by atoms with E-state index in [2.05, 4.69) is 18.8 Å². The molecule has 0 fully saturated rings. The summed E-state index contributed by atoms with van der Waals surface area (Å²) in [6.07, 6.45) is 0.321. The molecular weight excluding hydrogens is 316 g/mol. The van der Waals surface area contributed by atoms with Gasteiger partial charge < -0.3 is 9.47 Å². The van der Waals surface area contributed by atoms with Crippen molar-refractivity contribution in [1.29, 1.82) is 0 Å². The van der Waals surface area contributed by atoms with Crippen molar-refractivity contribution >= 4 is 28.3 Å². The first-order valence-corrected chi connectivity index (χ1v) is 8.73. The number of carbonyl (C=O) groups excluding carboxylic acids is 2. The minimum absolute atomic E-state index is 0.0578. The van der Waals surface area contributed by atoms with Gasteiger partial charge in [0, 0.05) is 25.5 Å². The van der Waals surface area contributed by atoms with E-state index in [1.807, 2.05) is 6.92 Å². The summed E-state index contributed by atoms with van der Waals surface area (Å²) in [5.41, 5.74) is 0.632. The summed E-state index contributed by atoms with van der Waals surface area (Å²) >= 11 is 1.36. The second kappa shape index (κ2) is 9.62. The SMILES string of the molecule is CCN(C(C)=O)c1nc(COC(=O)C(C)OCCC(C)C)cs1. The number of hydrogen-bond donors (Lipinski definition) is 0. The van der Waals surface area contributed by atoms with Crippen LogP contribution in [0.1, 0.15) is 46.7 Å². The second-order valence-corrected chi connectivity index (χ2v) is 6.52. The lowest BCUT2D eigenvalue weighted by molar-refractivity contribution is -0.157. The van der Waals surface area contributed by atoms with Gasteiger partial charge in [-0.3, -0.25) is 9.69 Å². The summed E-state index contributed by atoms with van der Waals surface area (Å²) in [4.78, 5) is 29.2. The highest BCUT2D eigenvalue weighted by Gasteiger charge is 2.17. The summed E-state index contributed by atoms with van der Waals surface area (Å²) in [5, 5.41) is 2.41. The molecule has 0 bridgehead atoms. The van der Waals surface area contributed by atoms with Crippen LogP contribution in [0.2, 0.25) is 0 Å². The van der Waals surface area contributed by atoms with E-state index in [0.29, 0.717) is 29.9 Å². The first-order chi connectivity index (χ1) is 10.8. The second-order valence-electron chi connectivity index (χ2n) is 5.69. The number of ether oxygens (including phenoxy) is 2. The molecule has 1 aromatic heterocycles. The van der Waals surface area contributed by atoms with Gasteiger partial charge in [0.1, 0.15) is 6.61 Å². The van der Waals surface area contributed by atoms with E-state index in [0.717, 1.165) is 6.42 Å². The van der Waals surface area contributed by atoms with Crippen LogP contribution in [0.25, 0.3) is 0 Å². The maximum absolute atomic E-state index is 11.9. The average molecular weight is 342 g/mol. The molecule has 1 amide bonds. The van der Waals surface area contributed by atoms with Gasteiger partial charge in [0.25, 0.3) is 0 Å². The third-order valence-corrected chi connectivity index (χ3v) is 4.14. The summed E-state index contributed by atoms with van der Waals surface area (Å²) < 4.78 is 10.7. The van der Waals surface area contributed by atoms with Gasteiger partial charge in [0.15, 0.2) is 11.2 Å². The standard InChI is InChI=1S/C16H26N2O4S/c1-6-18(13(5)19)16-17-14(10-23-16)9-22-15(20)12(4)21-8-7-11(2)3/h10-12H,6-9H2,1-5H3. The Hall–Kier alpha value is -1.47. The monoisotopic (exact) mass is 342 g/mol. The lowest BCUT2D eigenvalue weighted by Crippen LogP contribution is -2.27. The van der Waals surface area contributed by atoms with Crippen molar-refractivity contribution in [2.24, 2.45) is 5.92 Å². The lowest BCUT2D eigenvalue weighted by atomic mass is 10.1. The van der Waals surface area contributed by atoms with E-state index in [9.17, 15) is 9.59 Å². The van der Waals surface area contributed by atoms with Crippen LogP contribution in [0.15, 0.2) is 5.38 Å². The normalized spacial score (nSPS) is 12.3. The smallest absolute Gasteiger partial charge is 0.335 e. The Morgan fingerprint density at radius 1 is 1.35 bits per heavy atom. The molecule has 0 N–H and O–H groups in total. The topological polar surface area (TPSA) is 68.7 Å². The van der Waals surface area contributed by atoms with Crippen molar-refractivity contribution in [2.45, 2.75) is 53.8 Å². The molecule has 7 heteroatoms. The molecule has 1 aromatic rings. The molecule has 1 atom stereocenters. The largest absolute Gasteiger partial charge is 0.457 e. The summed E-state index contributed by atoms with van der Waals surface area (Å²) in [5.74, 6) is 0.0780. The number of nitrogens with zero attached hydrogens (tertiary/aromatic N) is 2. The van der Waals surface area contributed by atoms with Gasteiger partial charge in [-0.2, -0.15) is 0 Å².